The molecule has 1 aromatic rings. The summed E-state index contributed by atoms with van der Waals surface area (Å²) < 4.78 is 0. The van der Waals surface area contributed by atoms with Crippen LogP contribution in [0.4, 0.5) is 10.6 Å². The van der Waals surface area contributed by atoms with Crippen molar-refractivity contribution < 1.29 is 4.79 Å². The van der Waals surface area contributed by atoms with Gasteiger partial charge in [0.1, 0.15) is 12.1 Å². The molecule has 1 saturated carbocycles. The number of urea groups is 1. The topological polar surface area (TPSA) is 61.4 Å². The number of nitrogens with one attached hydrogen (secondary N) is 1. The third-order valence-electron chi connectivity index (χ3n) is 4.66. The van der Waals surface area contributed by atoms with Gasteiger partial charge in [-0.3, -0.25) is 0 Å². The quantitative estimate of drug-likeness (QED) is 0.901. The van der Waals surface area contributed by atoms with Crippen molar-refractivity contribution in [2.24, 2.45) is 0 Å². The standard InChI is InChI=1S/C16H25N5O/c1-20(2)15-13-7-9-21(10-8-14(13)17-11-18-15)16(22)19-12-5-3-4-6-12/h11-12H,3-10H2,1-2H3,(H,19,22). The lowest BCUT2D eigenvalue weighted by Crippen LogP contribution is -2.45. The Balaban J connectivity index is 1.67. The van der Waals surface area contributed by atoms with Crippen molar-refractivity contribution in [3.63, 3.8) is 0 Å². The van der Waals surface area contributed by atoms with Crippen LogP contribution in [-0.4, -0.2) is 54.1 Å². The van der Waals surface area contributed by atoms with E-state index < -0.39 is 0 Å². The summed E-state index contributed by atoms with van der Waals surface area (Å²) in [6.07, 6.45) is 7.96. The lowest BCUT2D eigenvalue weighted by atomic mass is 10.1. The first-order valence-corrected chi connectivity index (χ1v) is 8.20. The van der Waals surface area contributed by atoms with Crippen molar-refractivity contribution >= 4 is 11.8 Å². The van der Waals surface area contributed by atoms with Crippen molar-refractivity contribution in [2.75, 3.05) is 32.1 Å². The van der Waals surface area contributed by atoms with E-state index >= 15 is 0 Å². The number of carbonyl (C=O) groups excluding carboxylic acids is 1. The number of aromatic nitrogens is 2. The number of rotatable bonds is 2. The normalized spacial score (nSPS) is 18.7. The number of carbonyl (C=O) groups is 1. The second kappa shape index (κ2) is 6.50. The molecule has 6 nitrogen and oxygen atoms in total. The van der Waals surface area contributed by atoms with Crippen molar-refractivity contribution in [3.05, 3.63) is 17.6 Å². The molecule has 1 N–H and O–H groups in total. The number of anilines is 1. The molecule has 0 radical (unpaired) electrons. The number of fused-ring (bicyclic) bond motifs is 1. The van der Waals surface area contributed by atoms with E-state index in [2.05, 4.69) is 15.3 Å². The monoisotopic (exact) mass is 303 g/mol. The van der Waals surface area contributed by atoms with Crippen LogP contribution in [0, 0.1) is 0 Å². The molecule has 2 amide bonds. The van der Waals surface area contributed by atoms with Gasteiger partial charge in [0.05, 0.1) is 5.69 Å². The summed E-state index contributed by atoms with van der Waals surface area (Å²) in [7, 11) is 4.00. The van der Waals surface area contributed by atoms with Gasteiger partial charge in [0.15, 0.2) is 0 Å². The summed E-state index contributed by atoms with van der Waals surface area (Å²) in [5.74, 6) is 0.975. The molecule has 0 atom stereocenters. The molecular weight excluding hydrogens is 278 g/mol. The van der Waals surface area contributed by atoms with Crippen LogP contribution >= 0.6 is 0 Å². The molecule has 1 aliphatic carbocycles. The van der Waals surface area contributed by atoms with Gasteiger partial charge in [-0.15, -0.1) is 0 Å². The fourth-order valence-corrected chi connectivity index (χ4v) is 3.43. The SMILES string of the molecule is CN(C)c1ncnc2c1CCN(C(=O)NC1CCCC1)CC2. The average molecular weight is 303 g/mol. The van der Waals surface area contributed by atoms with Crippen LogP contribution in [0.2, 0.25) is 0 Å². The van der Waals surface area contributed by atoms with Crippen LogP contribution < -0.4 is 10.2 Å². The minimum absolute atomic E-state index is 0.0825. The van der Waals surface area contributed by atoms with E-state index in [1.165, 1.54) is 18.4 Å². The number of hydrogen-bond acceptors (Lipinski definition) is 4. The predicted molar refractivity (Wildman–Crippen MR) is 86.1 cm³/mol. The summed E-state index contributed by atoms with van der Waals surface area (Å²) in [5.41, 5.74) is 2.26. The largest absolute Gasteiger partial charge is 0.362 e. The molecule has 2 heterocycles. The Hall–Kier alpha value is -1.85. The van der Waals surface area contributed by atoms with E-state index in [1.807, 2.05) is 23.9 Å². The van der Waals surface area contributed by atoms with Crippen LogP contribution in [0.25, 0.3) is 0 Å². The summed E-state index contributed by atoms with van der Waals surface area (Å²) in [4.78, 5) is 25.2. The smallest absolute Gasteiger partial charge is 0.317 e. The van der Waals surface area contributed by atoms with E-state index in [-0.39, 0.29) is 6.03 Å². The zero-order valence-corrected chi connectivity index (χ0v) is 13.5. The molecule has 0 aromatic carbocycles. The van der Waals surface area contributed by atoms with Crippen LogP contribution in [0.15, 0.2) is 6.33 Å². The van der Waals surface area contributed by atoms with E-state index in [1.54, 1.807) is 6.33 Å². The third kappa shape index (κ3) is 3.15. The molecule has 3 rings (SSSR count). The fourth-order valence-electron chi connectivity index (χ4n) is 3.43. The lowest BCUT2D eigenvalue weighted by molar-refractivity contribution is 0.196. The van der Waals surface area contributed by atoms with Crippen molar-refractivity contribution in [2.45, 2.75) is 44.6 Å². The Morgan fingerprint density at radius 3 is 2.68 bits per heavy atom. The molecule has 22 heavy (non-hydrogen) atoms. The highest BCUT2D eigenvalue weighted by molar-refractivity contribution is 5.74. The first-order valence-electron chi connectivity index (χ1n) is 8.20. The zero-order valence-electron chi connectivity index (χ0n) is 13.5. The molecule has 6 heteroatoms. The Kier molecular flexibility index (Phi) is 4.45. The Morgan fingerprint density at radius 2 is 1.95 bits per heavy atom. The van der Waals surface area contributed by atoms with Gasteiger partial charge in [-0.25, -0.2) is 14.8 Å². The Bertz CT molecular complexity index is 539. The van der Waals surface area contributed by atoms with Gasteiger partial charge < -0.3 is 15.1 Å². The van der Waals surface area contributed by atoms with Gasteiger partial charge in [0.25, 0.3) is 0 Å². The average Bonchev–Trinajstić information content (AvgIpc) is 2.90. The van der Waals surface area contributed by atoms with Crippen LogP contribution in [0.5, 0.6) is 0 Å². The molecule has 0 spiro atoms. The second-order valence-corrected chi connectivity index (χ2v) is 6.43. The summed E-state index contributed by atoms with van der Waals surface area (Å²) in [5, 5.41) is 3.18. The maximum atomic E-state index is 12.4. The first kappa shape index (κ1) is 15.1. The van der Waals surface area contributed by atoms with E-state index in [4.69, 9.17) is 0 Å². The first-order chi connectivity index (χ1) is 10.6. The van der Waals surface area contributed by atoms with Gasteiger partial charge in [0, 0.05) is 45.2 Å². The molecule has 1 aromatic heterocycles. The number of amides is 2. The van der Waals surface area contributed by atoms with Gasteiger partial charge in [0.2, 0.25) is 0 Å². The molecule has 0 saturated heterocycles. The van der Waals surface area contributed by atoms with Crippen LogP contribution in [0.3, 0.4) is 0 Å². The van der Waals surface area contributed by atoms with Crippen molar-refractivity contribution in [1.82, 2.24) is 20.2 Å². The second-order valence-electron chi connectivity index (χ2n) is 6.43. The molecule has 2 aliphatic rings. The Labute approximate surface area is 131 Å². The summed E-state index contributed by atoms with van der Waals surface area (Å²) in [6, 6.07) is 0.453. The van der Waals surface area contributed by atoms with E-state index in [0.717, 1.165) is 50.3 Å². The molecule has 0 unspecified atom stereocenters. The van der Waals surface area contributed by atoms with Gasteiger partial charge in [-0.05, 0) is 19.3 Å². The third-order valence-corrected chi connectivity index (χ3v) is 4.66. The summed E-state index contributed by atoms with van der Waals surface area (Å²) in [6.45, 7) is 1.47. The molecule has 0 bridgehead atoms. The number of nitrogens with zero attached hydrogens (tertiary/aromatic N) is 4. The highest BCUT2D eigenvalue weighted by atomic mass is 16.2. The van der Waals surface area contributed by atoms with Gasteiger partial charge >= 0.3 is 6.03 Å². The van der Waals surface area contributed by atoms with Crippen LogP contribution in [0.1, 0.15) is 36.9 Å². The zero-order chi connectivity index (χ0) is 15.5. The van der Waals surface area contributed by atoms with Gasteiger partial charge in [-0.2, -0.15) is 0 Å². The predicted octanol–water partition coefficient (Wildman–Crippen LogP) is 1.60. The molecule has 120 valence electrons. The van der Waals surface area contributed by atoms with Crippen LogP contribution in [-0.2, 0) is 12.8 Å². The minimum atomic E-state index is 0.0825. The van der Waals surface area contributed by atoms with E-state index in [9.17, 15) is 4.79 Å². The molecule has 1 aliphatic heterocycles. The molecular formula is C16H25N5O. The van der Waals surface area contributed by atoms with Crippen molar-refractivity contribution in [3.8, 4) is 0 Å². The maximum absolute atomic E-state index is 12.4. The highest BCUT2D eigenvalue weighted by Gasteiger charge is 2.24. The summed E-state index contributed by atoms with van der Waals surface area (Å²) >= 11 is 0. The Morgan fingerprint density at radius 1 is 1.23 bits per heavy atom. The fraction of sp³-hybridized carbons (Fsp3) is 0.688. The highest BCUT2D eigenvalue weighted by Crippen LogP contribution is 2.22. The lowest BCUT2D eigenvalue weighted by Gasteiger charge is -2.23. The molecule has 1 fully saturated rings. The van der Waals surface area contributed by atoms with E-state index in [0.29, 0.717) is 6.04 Å². The minimum Gasteiger partial charge on any atom is -0.362 e. The van der Waals surface area contributed by atoms with Crippen molar-refractivity contribution in [1.29, 1.82) is 0 Å². The number of hydrogen-bond donors (Lipinski definition) is 1. The van der Waals surface area contributed by atoms with Gasteiger partial charge in [-0.1, -0.05) is 12.8 Å². The maximum Gasteiger partial charge on any atom is 0.317 e.